The average Bonchev–Trinajstić information content (AvgIpc) is 2.97. The third-order valence-corrected chi connectivity index (χ3v) is 3.74. The number of hydrogen-bond donors (Lipinski definition) is 2. The van der Waals surface area contributed by atoms with Gasteiger partial charge in [0.2, 0.25) is 0 Å². The molecule has 0 amide bonds. The largest absolute Gasteiger partial charge is 0.399 e. The molecule has 0 atom stereocenters. The van der Waals surface area contributed by atoms with E-state index in [4.69, 9.17) is 5.73 Å². The summed E-state index contributed by atoms with van der Waals surface area (Å²) in [4.78, 5) is 10.1. The van der Waals surface area contributed by atoms with Crippen molar-refractivity contribution in [2.24, 2.45) is 0 Å². The van der Waals surface area contributed by atoms with E-state index >= 15 is 0 Å². The van der Waals surface area contributed by atoms with Gasteiger partial charge in [-0.25, -0.2) is 4.98 Å². The summed E-state index contributed by atoms with van der Waals surface area (Å²) in [6.45, 7) is 1.73. The SMILES string of the molecule is CN(Cc1ccsc1)Cc1nc2ccc(N)cc2[nH]1. The van der Waals surface area contributed by atoms with Crippen LogP contribution in [0.3, 0.4) is 0 Å². The molecule has 4 nitrogen and oxygen atoms in total. The molecule has 0 aliphatic heterocycles. The lowest BCUT2D eigenvalue weighted by Gasteiger charge is -2.13. The van der Waals surface area contributed by atoms with Gasteiger partial charge in [0.15, 0.2) is 0 Å². The number of nitrogens with zero attached hydrogens (tertiary/aromatic N) is 2. The molecule has 19 heavy (non-hydrogen) atoms. The number of nitrogen functional groups attached to an aromatic ring is 1. The summed E-state index contributed by atoms with van der Waals surface area (Å²) in [7, 11) is 2.10. The molecular formula is C14H16N4S. The minimum Gasteiger partial charge on any atom is -0.399 e. The van der Waals surface area contributed by atoms with Crippen LogP contribution in [0.25, 0.3) is 11.0 Å². The predicted molar refractivity (Wildman–Crippen MR) is 80.0 cm³/mol. The Bertz CT molecular complexity index is 672. The first-order chi connectivity index (χ1) is 9.20. The van der Waals surface area contributed by atoms with Crippen LogP contribution in [0.2, 0.25) is 0 Å². The molecule has 1 aromatic carbocycles. The zero-order valence-corrected chi connectivity index (χ0v) is 11.6. The number of nitrogens with one attached hydrogen (secondary N) is 1. The molecule has 2 heterocycles. The van der Waals surface area contributed by atoms with E-state index in [0.29, 0.717) is 0 Å². The van der Waals surface area contributed by atoms with Gasteiger partial charge in [-0.05, 0) is 47.6 Å². The number of fused-ring (bicyclic) bond motifs is 1. The summed E-state index contributed by atoms with van der Waals surface area (Å²) >= 11 is 1.73. The first kappa shape index (κ1) is 12.2. The van der Waals surface area contributed by atoms with E-state index in [1.165, 1.54) is 5.56 Å². The number of aromatic amines is 1. The summed E-state index contributed by atoms with van der Waals surface area (Å²) in [5.41, 5.74) is 9.83. The van der Waals surface area contributed by atoms with Gasteiger partial charge >= 0.3 is 0 Å². The topological polar surface area (TPSA) is 57.9 Å². The second kappa shape index (κ2) is 5.03. The number of benzene rings is 1. The Morgan fingerprint density at radius 3 is 3.00 bits per heavy atom. The van der Waals surface area contributed by atoms with Gasteiger partial charge in [0.1, 0.15) is 5.82 Å². The zero-order chi connectivity index (χ0) is 13.2. The number of rotatable bonds is 4. The fraction of sp³-hybridized carbons (Fsp3) is 0.214. The van der Waals surface area contributed by atoms with Crippen LogP contribution in [0.1, 0.15) is 11.4 Å². The molecule has 2 aromatic heterocycles. The smallest absolute Gasteiger partial charge is 0.121 e. The molecular weight excluding hydrogens is 256 g/mol. The molecule has 0 saturated heterocycles. The minimum atomic E-state index is 0.759. The highest BCUT2D eigenvalue weighted by atomic mass is 32.1. The fourth-order valence-corrected chi connectivity index (χ4v) is 2.82. The fourth-order valence-electron chi connectivity index (χ4n) is 2.16. The van der Waals surface area contributed by atoms with Gasteiger partial charge in [-0.2, -0.15) is 11.3 Å². The Morgan fingerprint density at radius 2 is 2.21 bits per heavy atom. The van der Waals surface area contributed by atoms with Gasteiger partial charge in [0.05, 0.1) is 17.6 Å². The van der Waals surface area contributed by atoms with Crippen LogP contribution in [0.5, 0.6) is 0 Å². The maximum atomic E-state index is 5.77. The molecule has 0 fully saturated rings. The number of aromatic nitrogens is 2. The molecule has 0 aliphatic carbocycles. The first-order valence-corrected chi connectivity index (χ1v) is 7.09. The lowest BCUT2D eigenvalue weighted by molar-refractivity contribution is 0.312. The van der Waals surface area contributed by atoms with E-state index in [1.807, 2.05) is 18.2 Å². The lowest BCUT2D eigenvalue weighted by atomic mass is 10.3. The number of thiophene rings is 1. The van der Waals surface area contributed by atoms with Crippen molar-refractivity contribution in [3.8, 4) is 0 Å². The molecule has 3 aromatic rings. The molecule has 98 valence electrons. The van der Waals surface area contributed by atoms with Gasteiger partial charge in [-0.3, -0.25) is 4.90 Å². The minimum absolute atomic E-state index is 0.759. The molecule has 0 spiro atoms. The van der Waals surface area contributed by atoms with Crippen molar-refractivity contribution in [3.05, 3.63) is 46.4 Å². The van der Waals surface area contributed by atoms with Crippen molar-refractivity contribution in [3.63, 3.8) is 0 Å². The van der Waals surface area contributed by atoms with Crippen molar-refractivity contribution >= 4 is 28.1 Å². The molecule has 0 saturated carbocycles. The number of H-pyrrole nitrogens is 1. The predicted octanol–water partition coefficient (Wildman–Crippen LogP) is 2.84. The normalized spacial score (nSPS) is 11.5. The van der Waals surface area contributed by atoms with Crippen LogP contribution in [-0.2, 0) is 13.1 Å². The standard InChI is InChI=1S/C14H16N4S/c1-18(7-10-4-5-19-9-10)8-14-16-12-3-2-11(15)6-13(12)17-14/h2-6,9H,7-8,15H2,1H3,(H,16,17). The number of hydrogen-bond acceptors (Lipinski definition) is 4. The first-order valence-electron chi connectivity index (χ1n) is 6.14. The Morgan fingerprint density at radius 1 is 1.32 bits per heavy atom. The monoisotopic (exact) mass is 272 g/mol. The van der Waals surface area contributed by atoms with Crippen molar-refractivity contribution in [2.75, 3.05) is 12.8 Å². The van der Waals surface area contributed by atoms with Crippen LogP contribution >= 0.6 is 11.3 Å². The summed E-state index contributed by atoms with van der Waals surface area (Å²) < 4.78 is 0. The summed E-state index contributed by atoms with van der Waals surface area (Å²) in [5.74, 6) is 0.971. The maximum Gasteiger partial charge on any atom is 0.121 e. The van der Waals surface area contributed by atoms with Gasteiger partial charge in [-0.15, -0.1) is 0 Å². The van der Waals surface area contributed by atoms with E-state index in [9.17, 15) is 0 Å². The highest BCUT2D eigenvalue weighted by Crippen LogP contribution is 2.16. The summed E-state index contributed by atoms with van der Waals surface area (Å²) in [6.07, 6.45) is 0. The van der Waals surface area contributed by atoms with Gasteiger partial charge in [0, 0.05) is 12.2 Å². The van der Waals surface area contributed by atoms with E-state index in [-0.39, 0.29) is 0 Å². The van der Waals surface area contributed by atoms with Crippen LogP contribution in [-0.4, -0.2) is 21.9 Å². The molecule has 0 unspecified atom stereocenters. The number of imidazole rings is 1. The summed E-state index contributed by atoms with van der Waals surface area (Å²) in [5, 5.41) is 4.28. The van der Waals surface area contributed by atoms with Crippen LogP contribution in [0.15, 0.2) is 35.0 Å². The number of anilines is 1. The Hall–Kier alpha value is -1.85. The second-order valence-corrected chi connectivity index (χ2v) is 5.54. The van der Waals surface area contributed by atoms with E-state index < -0.39 is 0 Å². The van der Waals surface area contributed by atoms with Crippen molar-refractivity contribution in [2.45, 2.75) is 13.1 Å². The molecule has 0 radical (unpaired) electrons. The van der Waals surface area contributed by atoms with Crippen LogP contribution < -0.4 is 5.73 Å². The number of nitrogens with two attached hydrogens (primary N) is 1. The Kier molecular flexibility index (Phi) is 3.23. The van der Waals surface area contributed by atoms with Crippen molar-refractivity contribution in [1.29, 1.82) is 0 Å². The average molecular weight is 272 g/mol. The lowest BCUT2D eigenvalue weighted by Crippen LogP contribution is -2.17. The maximum absolute atomic E-state index is 5.77. The van der Waals surface area contributed by atoms with E-state index in [2.05, 4.69) is 38.7 Å². The highest BCUT2D eigenvalue weighted by Gasteiger charge is 2.07. The molecule has 0 bridgehead atoms. The van der Waals surface area contributed by atoms with Gasteiger partial charge in [-0.1, -0.05) is 0 Å². The summed E-state index contributed by atoms with van der Waals surface area (Å²) in [6, 6.07) is 7.90. The van der Waals surface area contributed by atoms with Crippen molar-refractivity contribution in [1.82, 2.24) is 14.9 Å². The second-order valence-electron chi connectivity index (χ2n) is 4.76. The van der Waals surface area contributed by atoms with E-state index in [0.717, 1.165) is 35.6 Å². The third kappa shape index (κ3) is 2.77. The highest BCUT2D eigenvalue weighted by molar-refractivity contribution is 7.07. The Labute approximate surface area is 115 Å². The van der Waals surface area contributed by atoms with Crippen LogP contribution in [0, 0.1) is 0 Å². The van der Waals surface area contributed by atoms with Gasteiger partial charge in [0.25, 0.3) is 0 Å². The van der Waals surface area contributed by atoms with Gasteiger partial charge < -0.3 is 10.7 Å². The van der Waals surface area contributed by atoms with E-state index in [1.54, 1.807) is 11.3 Å². The molecule has 0 aliphatic rings. The molecule has 3 N–H and O–H groups in total. The van der Waals surface area contributed by atoms with Crippen molar-refractivity contribution < 1.29 is 0 Å². The third-order valence-electron chi connectivity index (χ3n) is 3.01. The van der Waals surface area contributed by atoms with Crippen LogP contribution in [0.4, 0.5) is 5.69 Å². The quantitative estimate of drug-likeness (QED) is 0.718. The zero-order valence-electron chi connectivity index (χ0n) is 10.8. The Balaban J connectivity index is 1.74. The molecule has 5 heteroatoms. The molecule has 3 rings (SSSR count).